The van der Waals surface area contributed by atoms with E-state index in [4.69, 9.17) is 0 Å². The predicted molar refractivity (Wildman–Crippen MR) is 97.4 cm³/mol. The van der Waals surface area contributed by atoms with Crippen LogP contribution in [0.2, 0.25) is 0 Å². The summed E-state index contributed by atoms with van der Waals surface area (Å²) in [6.07, 6.45) is 3.95. The molecule has 0 bridgehead atoms. The Morgan fingerprint density at radius 2 is 2.16 bits per heavy atom. The molecule has 1 saturated carbocycles. The van der Waals surface area contributed by atoms with Crippen LogP contribution in [0.4, 0.5) is 5.82 Å². The highest BCUT2D eigenvalue weighted by Crippen LogP contribution is 2.40. The molecular weight excluding hydrogens is 318 g/mol. The van der Waals surface area contributed by atoms with Gasteiger partial charge in [-0.05, 0) is 39.5 Å². The Labute approximate surface area is 150 Å². The van der Waals surface area contributed by atoms with Gasteiger partial charge in [0.2, 0.25) is 5.91 Å². The van der Waals surface area contributed by atoms with Crippen LogP contribution in [0.1, 0.15) is 39.7 Å². The van der Waals surface area contributed by atoms with E-state index in [1.807, 2.05) is 17.7 Å². The van der Waals surface area contributed by atoms with E-state index in [1.165, 1.54) is 12.8 Å². The van der Waals surface area contributed by atoms with Crippen LogP contribution in [-0.4, -0.2) is 75.5 Å². The van der Waals surface area contributed by atoms with Crippen molar-refractivity contribution in [1.29, 1.82) is 0 Å². The molecule has 2 aliphatic rings. The van der Waals surface area contributed by atoms with E-state index in [-0.39, 0.29) is 12.0 Å². The average molecular weight is 349 g/mol. The van der Waals surface area contributed by atoms with Gasteiger partial charge in [-0.25, -0.2) is 4.68 Å². The quantitative estimate of drug-likeness (QED) is 0.773. The average Bonchev–Trinajstić information content (AvgIpc) is 3.29. The number of aromatic nitrogens is 2. The molecule has 2 fully saturated rings. The van der Waals surface area contributed by atoms with Crippen molar-refractivity contribution >= 4 is 11.7 Å². The van der Waals surface area contributed by atoms with Gasteiger partial charge >= 0.3 is 0 Å². The molecule has 1 aliphatic heterocycles. The van der Waals surface area contributed by atoms with Gasteiger partial charge in [-0.3, -0.25) is 14.6 Å². The minimum atomic E-state index is -0.314. The lowest BCUT2D eigenvalue weighted by atomic mass is 10.1. The Kier molecular flexibility index (Phi) is 5.76. The predicted octanol–water partition coefficient (Wildman–Crippen LogP) is 1.18. The first-order chi connectivity index (χ1) is 11.9. The smallest absolute Gasteiger partial charge is 0.239 e. The minimum Gasteiger partial charge on any atom is -0.392 e. The molecule has 2 heterocycles. The van der Waals surface area contributed by atoms with Crippen molar-refractivity contribution in [2.75, 3.05) is 38.0 Å². The lowest BCUT2D eigenvalue weighted by Gasteiger charge is -2.40. The minimum absolute atomic E-state index is 0.0147. The van der Waals surface area contributed by atoms with Gasteiger partial charge in [0.15, 0.2) is 0 Å². The monoisotopic (exact) mass is 349 g/mol. The molecule has 0 radical (unpaired) electrons. The summed E-state index contributed by atoms with van der Waals surface area (Å²) in [5.41, 5.74) is 0. The molecule has 1 aromatic rings. The molecule has 7 nitrogen and oxygen atoms in total. The third kappa shape index (κ3) is 4.80. The highest BCUT2D eigenvalue weighted by molar-refractivity contribution is 5.91. The maximum atomic E-state index is 12.5. The van der Waals surface area contributed by atoms with E-state index >= 15 is 0 Å². The molecule has 3 rings (SSSR count). The third-order valence-corrected chi connectivity index (χ3v) is 5.34. The standard InChI is InChI=1S/C18H31N5O2/c1-13-10-21(8-9-22(13)11-14(2)24)12-18(25)20-17-6-7-19-23(17)15(3)16-4-5-16/h6-7,13-16,24H,4-5,8-12H2,1-3H3,(H,20,25)/t13-,14+,15+/m1/s1. The molecule has 1 aromatic heterocycles. The molecular formula is C18H31N5O2. The van der Waals surface area contributed by atoms with Crippen molar-refractivity contribution in [3.8, 4) is 0 Å². The Hall–Kier alpha value is -1.44. The topological polar surface area (TPSA) is 73.6 Å². The summed E-state index contributed by atoms with van der Waals surface area (Å²) >= 11 is 0. The zero-order valence-corrected chi connectivity index (χ0v) is 15.6. The van der Waals surface area contributed by atoms with Crippen LogP contribution < -0.4 is 5.32 Å². The fourth-order valence-electron chi connectivity index (χ4n) is 3.73. The fraction of sp³-hybridized carbons (Fsp3) is 0.778. The number of rotatable bonds is 7. The zero-order chi connectivity index (χ0) is 18.0. The fourth-order valence-corrected chi connectivity index (χ4v) is 3.73. The number of nitrogens with zero attached hydrogens (tertiary/aromatic N) is 4. The van der Waals surface area contributed by atoms with Crippen molar-refractivity contribution in [3.05, 3.63) is 12.3 Å². The van der Waals surface area contributed by atoms with Gasteiger partial charge in [0.1, 0.15) is 5.82 Å². The van der Waals surface area contributed by atoms with Gasteiger partial charge < -0.3 is 10.4 Å². The van der Waals surface area contributed by atoms with Crippen molar-refractivity contribution < 1.29 is 9.90 Å². The van der Waals surface area contributed by atoms with Crippen LogP contribution in [0, 0.1) is 5.92 Å². The summed E-state index contributed by atoms with van der Waals surface area (Å²) in [4.78, 5) is 16.9. The summed E-state index contributed by atoms with van der Waals surface area (Å²) in [7, 11) is 0. The third-order valence-electron chi connectivity index (χ3n) is 5.34. The number of aliphatic hydroxyl groups excluding tert-OH is 1. The number of carbonyl (C=O) groups is 1. The van der Waals surface area contributed by atoms with Gasteiger partial charge in [0, 0.05) is 38.3 Å². The first-order valence-electron chi connectivity index (χ1n) is 9.42. The number of carbonyl (C=O) groups excluding carboxylic acids is 1. The van der Waals surface area contributed by atoms with Gasteiger partial charge in [0.25, 0.3) is 0 Å². The van der Waals surface area contributed by atoms with E-state index in [0.717, 1.165) is 25.5 Å². The number of anilines is 1. The highest BCUT2D eigenvalue weighted by atomic mass is 16.3. The normalized spacial score (nSPS) is 24.9. The van der Waals surface area contributed by atoms with Crippen molar-refractivity contribution in [2.45, 2.75) is 51.8 Å². The molecule has 1 saturated heterocycles. The molecule has 2 N–H and O–H groups in total. The first kappa shape index (κ1) is 18.4. The molecule has 7 heteroatoms. The second kappa shape index (κ2) is 7.85. The lowest BCUT2D eigenvalue weighted by molar-refractivity contribution is -0.118. The maximum absolute atomic E-state index is 12.5. The molecule has 0 unspecified atom stereocenters. The molecule has 25 heavy (non-hydrogen) atoms. The van der Waals surface area contributed by atoms with E-state index in [1.54, 1.807) is 6.20 Å². The van der Waals surface area contributed by atoms with Crippen molar-refractivity contribution in [1.82, 2.24) is 19.6 Å². The number of hydrogen-bond donors (Lipinski definition) is 2. The van der Waals surface area contributed by atoms with Crippen LogP contribution in [0.15, 0.2) is 12.3 Å². The van der Waals surface area contributed by atoms with Crippen molar-refractivity contribution in [3.63, 3.8) is 0 Å². The molecule has 1 aliphatic carbocycles. The number of amides is 1. The summed E-state index contributed by atoms with van der Waals surface area (Å²) in [5, 5.41) is 17.0. The summed E-state index contributed by atoms with van der Waals surface area (Å²) in [6, 6.07) is 2.56. The molecule has 0 spiro atoms. The van der Waals surface area contributed by atoms with Gasteiger partial charge in [-0.15, -0.1) is 0 Å². The molecule has 0 aromatic carbocycles. The molecule has 3 atom stereocenters. The number of hydrogen-bond acceptors (Lipinski definition) is 5. The van der Waals surface area contributed by atoms with Crippen LogP contribution in [0.3, 0.4) is 0 Å². The summed E-state index contributed by atoms with van der Waals surface area (Å²) in [5.74, 6) is 1.50. The summed E-state index contributed by atoms with van der Waals surface area (Å²) in [6.45, 7) is 9.81. The van der Waals surface area contributed by atoms with Crippen LogP contribution in [0.5, 0.6) is 0 Å². The second-order valence-electron chi connectivity index (χ2n) is 7.72. The number of aliphatic hydroxyl groups is 1. The number of piperazine rings is 1. The maximum Gasteiger partial charge on any atom is 0.239 e. The van der Waals surface area contributed by atoms with E-state index in [0.29, 0.717) is 31.1 Å². The molecule has 140 valence electrons. The van der Waals surface area contributed by atoms with Crippen LogP contribution in [0.25, 0.3) is 0 Å². The van der Waals surface area contributed by atoms with Crippen LogP contribution >= 0.6 is 0 Å². The zero-order valence-electron chi connectivity index (χ0n) is 15.6. The number of β-amino-alcohol motifs (C(OH)–C–C–N with tert-alkyl or cyclic N) is 1. The Morgan fingerprint density at radius 1 is 1.40 bits per heavy atom. The Bertz CT molecular complexity index is 584. The van der Waals surface area contributed by atoms with Gasteiger partial charge in [-0.1, -0.05) is 0 Å². The largest absolute Gasteiger partial charge is 0.392 e. The lowest BCUT2D eigenvalue weighted by Crippen LogP contribution is -2.54. The van der Waals surface area contributed by atoms with Crippen LogP contribution in [-0.2, 0) is 4.79 Å². The van der Waals surface area contributed by atoms with E-state index < -0.39 is 0 Å². The highest BCUT2D eigenvalue weighted by Gasteiger charge is 2.31. The SMILES string of the molecule is C[C@H](O)CN1CCN(CC(=O)Nc2ccnn2[C@@H](C)C2CC2)C[C@H]1C. The van der Waals surface area contributed by atoms with E-state index in [2.05, 4.69) is 34.1 Å². The Balaban J connectivity index is 1.49. The van der Waals surface area contributed by atoms with E-state index in [9.17, 15) is 9.90 Å². The van der Waals surface area contributed by atoms with Gasteiger partial charge in [0.05, 0.1) is 24.9 Å². The van der Waals surface area contributed by atoms with Gasteiger partial charge in [-0.2, -0.15) is 5.10 Å². The molecule has 1 amide bonds. The summed E-state index contributed by atoms with van der Waals surface area (Å²) < 4.78 is 1.94. The Morgan fingerprint density at radius 3 is 2.80 bits per heavy atom. The first-order valence-corrected chi connectivity index (χ1v) is 9.42. The number of nitrogens with one attached hydrogen (secondary N) is 1. The second-order valence-corrected chi connectivity index (χ2v) is 7.72. The van der Waals surface area contributed by atoms with Crippen molar-refractivity contribution in [2.24, 2.45) is 5.92 Å².